The van der Waals surface area contributed by atoms with Crippen molar-refractivity contribution in [2.24, 2.45) is 5.10 Å². The van der Waals surface area contributed by atoms with Crippen LogP contribution < -0.4 is 20.5 Å². The molecule has 2 heterocycles. The number of rotatable bonds is 8. The van der Waals surface area contributed by atoms with Gasteiger partial charge in [-0.2, -0.15) is 9.78 Å². The van der Waals surface area contributed by atoms with Crippen LogP contribution in [-0.4, -0.2) is 40.5 Å². The molecule has 0 aliphatic rings. The summed E-state index contributed by atoms with van der Waals surface area (Å²) in [6, 6.07) is 22.4. The number of aromatic nitrogens is 3. The molecule has 0 spiro atoms. The van der Waals surface area contributed by atoms with Crippen LogP contribution in [0.5, 0.6) is 11.5 Å². The van der Waals surface area contributed by atoms with Gasteiger partial charge in [0.1, 0.15) is 28.4 Å². The molecule has 0 fully saturated rings. The van der Waals surface area contributed by atoms with Crippen molar-refractivity contribution in [3.05, 3.63) is 89.5 Å². The Morgan fingerprint density at radius 2 is 1.68 bits per heavy atom. The number of methoxy groups -OCH3 is 1. The SMILES string of the molecule is CCOc1ccc(/C=N/n2c(N)c(C(=O)NCc3ccc(OC)cc3)c3nc4ccccc4nc32)cc1. The highest BCUT2D eigenvalue weighted by atomic mass is 16.5. The Morgan fingerprint density at radius 3 is 2.35 bits per heavy atom. The summed E-state index contributed by atoms with van der Waals surface area (Å²) in [4.78, 5) is 22.8. The third-order valence-corrected chi connectivity index (χ3v) is 5.83. The van der Waals surface area contributed by atoms with Gasteiger partial charge in [-0.05, 0) is 66.6 Å². The maximum Gasteiger partial charge on any atom is 0.257 e. The Labute approximate surface area is 213 Å². The van der Waals surface area contributed by atoms with Crippen LogP contribution in [0.25, 0.3) is 22.2 Å². The first-order valence-corrected chi connectivity index (χ1v) is 11.8. The number of para-hydroxylation sites is 2. The number of amides is 1. The summed E-state index contributed by atoms with van der Waals surface area (Å²) in [5.74, 6) is 1.31. The van der Waals surface area contributed by atoms with E-state index < -0.39 is 0 Å². The topological polar surface area (TPSA) is 117 Å². The zero-order valence-electron chi connectivity index (χ0n) is 20.5. The van der Waals surface area contributed by atoms with Crippen LogP contribution in [0.1, 0.15) is 28.4 Å². The summed E-state index contributed by atoms with van der Waals surface area (Å²) >= 11 is 0. The lowest BCUT2D eigenvalue weighted by molar-refractivity contribution is 0.0953. The van der Waals surface area contributed by atoms with Crippen molar-refractivity contribution in [1.29, 1.82) is 0 Å². The molecule has 3 N–H and O–H groups in total. The second-order valence-corrected chi connectivity index (χ2v) is 8.23. The Morgan fingerprint density at radius 1 is 1.00 bits per heavy atom. The van der Waals surface area contributed by atoms with Crippen molar-refractivity contribution in [2.45, 2.75) is 13.5 Å². The van der Waals surface area contributed by atoms with Crippen LogP contribution in [0, 0.1) is 0 Å². The van der Waals surface area contributed by atoms with Gasteiger partial charge in [-0.15, -0.1) is 0 Å². The largest absolute Gasteiger partial charge is 0.497 e. The van der Waals surface area contributed by atoms with Gasteiger partial charge >= 0.3 is 0 Å². The number of fused-ring (bicyclic) bond motifs is 2. The van der Waals surface area contributed by atoms with Gasteiger partial charge in [-0.1, -0.05) is 24.3 Å². The van der Waals surface area contributed by atoms with Crippen LogP contribution in [0.4, 0.5) is 5.82 Å². The summed E-state index contributed by atoms with van der Waals surface area (Å²) in [7, 11) is 1.61. The molecule has 0 radical (unpaired) electrons. The number of hydrogen-bond donors (Lipinski definition) is 2. The lowest BCUT2D eigenvalue weighted by Crippen LogP contribution is -2.23. The molecule has 0 atom stereocenters. The fourth-order valence-corrected chi connectivity index (χ4v) is 3.94. The third-order valence-electron chi connectivity index (χ3n) is 5.83. The Bertz CT molecular complexity index is 1590. The smallest absolute Gasteiger partial charge is 0.257 e. The zero-order chi connectivity index (χ0) is 25.8. The van der Waals surface area contributed by atoms with Crippen molar-refractivity contribution < 1.29 is 14.3 Å². The number of carbonyl (C=O) groups excluding carboxylic acids is 1. The maximum absolute atomic E-state index is 13.3. The number of benzene rings is 3. The van der Waals surface area contributed by atoms with Gasteiger partial charge in [0.2, 0.25) is 0 Å². The minimum atomic E-state index is -0.363. The molecule has 0 bridgehead atoms. The quantitative estimate of drug-likeness (QED) is 0.309. The summed E-state index contributed by atoms with van der Waals surface area (Å²) in [5.41, 5.74) is 10.6. The summed E-state index contributed by atoms with van der Waals surface area (Å²) in [6.45, 7) is 2.84. The van der Waals surface area contributed by atoms with Gasteiger partial charge in [0.25, 0.3) is 5.91 Å². The number of nitrogens with one attached hydrogen (secondary N) is 1. The van der Waals surface area contributed by atoms with Gasteiger partial charge in [-0.25, -0.2) is 9.97 Å². The van der Waals surface area contributed by atoms with Gasteiger partial charge < -0.3 is 20.5 Å². The molecule has 0 aliphatic heterocycles. The van der Waals surface area contributed by atoms with E-state index in [2.05, 4.69) is 10.4 Å². The van der Waals surface area contributed by atoms with Crippen molar-refractivity contribution >= 4 is 40.1 Å². The van der Waals surface area contributed by atoms with Crippen molar-refractivity contribution in [2.75, 3.05) is 19.5 Å². The Balaban J connectivity index is 1.51. The average molecular weight is 495 g/mol. The monoisotopic (exact) mass is 494 g/mol. The summed E-state index contributed by atoms with van der Waals surface area (Å²) in [5, 5.41) is 7.49. The summed E-state index contributed by atoms with van der Waals surface area (Å²) in [6.07, 6.45) is 1.65. The fraction of sp³-hybridized carbons (Fsp3) is 0.143. The number of hydrogen-bond acceptors (Lipinski definition) is 7. The predicted octanol–water partition coefficient (Wildman–Crippen LogP) is 4.39. The maximum atomic E-state index is 13.3. The van der Waals surface area contributed by atoms with Crippen LogP contribution in [0.3, 0.4) is 0 Å². The third kappa shape index (κ3) is 4.92. The number of nitrogens with zero attached hydrogens (tertiary/aromatic N) is 4. The van der Waals surface area contributed by atoms with Gasteiger partial charge in [0.05, 0.1) is 31.0 Å². The summed E-state index contributed by atoms with van der Waals surface area (Å²) < 4.78 is 12.1. The molecule has 0 aliphatic carbocycles. The molecule has 186 valence electrons. The molecule has 37 heavy (non-hydrogen) atoms. The fourth-order valence-electron chi connectivity index (χ4n) is 3.94. The van der Waals surface area contributed by atoms with Gasteiger partial charge in [0, 0.05) is 6.54 Å². The molecule has 0 unspecified atom stereocenters. The van der Waals surface area contributed by atoms with E-state index in [9.17, 15) is 4.79 Å². The lowest BCUT2D eigenvalue weighted by atomic mass is 10.2. The van der Waals surface area contributed by atoms with E-state index in [1.807, 2.05) is 79.7 Å². The van der Waals surface area contributed by atoms with E-state index in [1.165, 1.54) is 4.68 Å². The highest BCUT2D eigenvalue weighted by Gasteiger charge is 2.24. The second kappa shape index (κ2) is 10.4. The molecule has 1 amide bonds. The lowest BCUT2D eigenvalue weighted by Gasteiger charge is -2.07. The predicted molar refractivity (Wildman–Crippen MR) is 144 cm³/mol. The minimum absolute atomic E-state index is 0.153. The minimum Gasteiger partial charge on any atom is -0.497 e. The highest BCUT2D eigenvalue weighted by Crippen LogP contribution is 2.28. The van der Waals surface area contributed by atoms with E-state index in [0.717, 1.165) is 22.6 Å². The molecule has 0 saturated carbocycles. The molecular weight excluding hydrogens is 468 g/mol. The Kier molecular flexibility index (Phi) is 6.67. The standard InChI is InChI=1S/C28H26N6O3/c1-3-37-21-14-10-19(11-15-21)17-31-34-26(29)24(25-27(34)33-23-7-5-4-6-22(23)32-25)28(35)30-16-18-8-12-20(36-2)13-9-18/h4-15,17H,3,16,29H2,1-2H3,(H,30,35)/b31-17+. The van der Waals surface area contributed by atoms with E-state index >= 15 is 0 Å². The van der Waals surface area contributed by atoms with Crippen molar-refractivity contribution in [1.82, 2.24) is 20.0 Å². The number of ether oxygens (including phenoxy) is 2. The van der Waals surface area contributed by atoms with Gasteiger partial charge in [0.15, 0.2) is 5.65 Å². The first-order valence-electron chi connectivity index (χ1n) is 11.8. The van der Waals surface area contributed by atoms with Crippen molar-refractivity contribution in [3.8, 4) is 11.5 Å². The normalized spacial score (nSPS) is 11.3. The number of carbonyl (C=O) groups is 1. The van der Waals surface area contributed by atoms with E-state index in [4.69, 9.17) is 25.2 Å². The second-order valence-electron chi connectivity index (χ2n) is 8.23. The highest BCUT2D eigenvalue weighted by molar-refractivity contribution is 6.10. The van der Waals surface area contributed by atoms with Crippen LogP contribution in [0.2, 0.25) is 0 Å². The van der Waals surface area contributed by atoms with Crippen molar-refractivity contribution in [3.63, 3.8) is 0 Å². The molecule has 9 nitrogen and oxygen atoms in total. The van der Waals surface area contributed by atoms with E-state index in [-0.39, 0.29) is 17.3 Å². The van der Waals surface area contributed by atoms with Gasteiger partial charge in [-0.3, -0.25) is 4.79 Å². The molecule has 9 heteroatoms. The Hall–Kier alpha value is -4.92. The van der Waals surface area contributed by atoms with Crippen LogP contribution in [0.15, 0.2) is 77.9 Å². The van der Waals surface area contributed by atoms with E-state index in [1.54, 1.807) is 13.3 Å². The first-order chi connectivity index (χ1) is 18.1. The number of anilines is 1. The molecule has 0 saturated heterocycles. The molecule has 3 aromatic carbocycles. The first kappa shape index (κ1) is 23.8. The van der Waals surface area contributed by atoms with Crippen LogP contribution >= 0.6 is 0 Å². The van der Waals surface area contributed by atoms with Crippen LogP contribution in [-0.2, 0) is 6.54 Å². The number of nitrogens with two attached hydrogens (primary N) is 1. The van der Waals surface area contributed by atoms with E-state index in [0.29, 0.717) is 35.3 Å². The zero-order valence-corrected chi connectivity index (χ0v) is 20.5. The molecule has 2 aromatic heterocycles. The molecule has 5 aromatic rings. The number of nitrogen functional groups attached to an aromatic ring is 1. The molecular formula is C28H26N6O3. The average Bonchev–Trinajstić information content (AvgIpc) is 3.20. The molecule has 5 rings (SSSR count).